The van der Waals surface area contributed by atoms with Gasteiger partial charge in [-0.2, -0.15) is 13.2 Å². The predicted octanol–water partition coefficient (Wildman–Crippen LogP) is 2.13. The number of alkyl halides is 3. The number of aliphatic carboxylic acids is 2. The van der Waals surface area contributed by atoms with E-state index in [2.05, 4.69) is 33.6 Å². The van der Waals surface area contributed by atoms with Crippen LogP contribution < -0.4 is 9.64 Å². The van der Waals surface area contributed by atoms with Crippen LogP contribution in [0.4, 0.5) is 19.0 Å². The average molecular weight is 448 g/mol. The molecular formula is C19H27F3N4O5. The Bertz CT molecular complexity index is 792. The number of hydrogen-bond donors (Lipinski definition) is 2. The van der Waals surface area contributed by atoms with Crippen molar-refractivity contribution < 1.29 is 37.7 Å². The van der Waals surface area contributed by atoms with Crippen molar-refractivity contribution in [2.75, 3.05) is 38.2 Å². The predicted molar refractivity (Wildman–Crippen MR) is 104 cm³/mol. The van der Waals surface area contributed by atoms with Crippen LogP contribution >= 0.6 is 0 Å². The molecular weight excluding hydrogens is 421 g/mol. The fraction of sp³-hybridized carbons (Fsp3) is 0.684. The van der Waals surface area contributed by atoms with Crippen LogP contribution in [0.3, 0.4) is 0 Å². The lowest BCUT2D eigenvalue weighted by molar-refractivity contribution is -0.192. The number of carbonyl (C=O) groups is 2. The zero-order valence-corrected chi connectivity index (χ0v) is 17.6. The third kappa shape index (κ3) is 5.75. The number of fused-ring (bicyclic) bond motifs is 1. The molecule has 2 fully saturated rings. The Morgan fingerprint density at radius 3 is 2.42 bits per heavy atom. The van der Waals surface area contributed by atoms with Crippen molar-refractivity contribution in [2.45, 2.75) is 38.9 Å². The number of anilines is 1. The van der Waals surface area contributed by atoms with E-state index in [0.29, 0.717) is 25.0 Å². The van der Waals surface area contributed by atoms with E-state index in [4.69, 9.17) is 14.6 Å². The average Bonchev–Trinajstić information content (AvgIpc) is 2.97. The Morgan fingerprint density at radius 1 is 1.26 bits per heavy atom. The summed E-state index contributed by atoms with van der Waals surface area (Å²) in [4.78, 5) is 33.9. The lowest BCUT2D eigenvalue weighted by atomic mass is 9.75. The Balaban J connectivity index is 0.000000423. The van der Waals surface area contributed by atoms with Crippen LogP contribution in [-0.4, -0.2) is 82.5 Å². The summed E-state index contributed by atoms with van der Waals surface area (Å²) in [6.07, 6.45) is -2.02. The van der Waals surface area contributed by atoms with E-state index in [1.807, 2.05) is 6.07 Å². The Hall–Kier alpha value is -2.63. The van der Waals surface area contributed by atoms with Gasteiger partial charge in [0.25, 0.3) is 0 Å². The molecule has 3 rings (SSSR count). The van der Waals surface area contributed by atoms with Gasteiger partial charge in [0.2, 0.25) is 5.88 Å². The van der Waals surface area contributed by atoms with Gasteiger partial charge in [-0.05, 0) is 26.7 Å². The van der Waals surface area contributed by atoms with Gasteiger partial charge in [0.1, 0.15) is 12.1 Å². The fourth-order valence-electron chi connectivity index (χ4n) is 4.04. The molecule has 3 heterocycles. The topological polar surface area (TPSA) is 116 Å². The number of nitrogens with zero attached hydrogens (tertiary/aromatic N) is 4. The normalized spacial score (nSPS) is 24.1. The zero-order valence-electron chi connectivity index (χ0n) is 17.6. The van der Waals surface area contributed by atoms with Crippen LogP contribution in [0.15, 0.2) is 12.4 Å². The second kappa shape index (κ2) is 9.67. The highest BCUT2D eigenvalue weighted by atomic mass is 19.4. The van der Waals surface area contributed by atoms with Gasteiger partial charge in [0.05, 0.1) is 12.5 Å². The van der Waals surface area contributed by atoms with Crippen LogP contribution in [0, 0.1) is 11.3 Å². The van der Waals surface area contributed by atoms with Crippen molar-refractivity contribution >= 4 is 17.8 Å². The number of rotatable bonds is 4. The first-order chi connectivity index (χ1) is 14.4. The molecule has 2 aliphatic heterocycles. The zero-order chi connectivity index (χ0) is 23.4. The molecule has 0 aromatic carbocycles. The third-order valence-corrected chi connectivity index (χ3v) is 5.77. The number of likely N-dealkylation sites (tertiary alicyclic amines) is 1. The number of methoxy groups -OCH3 is 1. The summed E-state index contributed by atoms with van der Waals surface area (Å²) in [7, 11) is 1.58. The van der Waals surface area contributed by atoms with Crippen molar-refractivity contribution in [2.24, 2.45) is 11.3 Å². The summed E-state index contributed by atoms with van der Waals surface area (Å²) >= 11 is 0. The minimum absolute atomic E-state index is 0.0980. The molecule has 0 radical (unpaired) electrons. The number of hydrogen-bond acceptors (Lipinski definition) is 7. The molecule has 2 saturated heterocycles. The third-order valence-electron chi connectivity index (χ3n) is 5.77. The Kier molecular flexibility index (Phi) is 7.68. The van der Waals surface area contributed by atoms with Gasteiger partial charge >= 0.3 is 18.1 Å². The molecule has 2 aliphatic rings. The summed E-state index contributed by atoms with van der Waals surface area (Å²) in [5.41, 5.74) is -0.643. The second-order valence-corrected chi connectivity index (χ2v) is 7.95. The molecule has 0 spiro atoms. The summed E-state index contributed by atoms with van der Waals surface area (Å²) in [5.74, 6) is -1.97. The van der Waals surface area contributed by atoms with Crippen molar-refractivity contribution in [3.8, 4) is 5.88 Å². The molecule has 0 aliphatic carbocycles. The Labute approximate surface area is 177 Å². The molecule has 31 heavy (non-hydrogen) atoms. The molecule has 2 atom stereocenters. The van der Waals surface area contributed by atoms with E-state index in [0.717, 1.165) is 31.7 Å². The first kappa shape index (κ1) is 24.6. The minimum Gasteiger partial charge on any atom is -0.481 e. The van der Waals surface area contributed by atoms with Gasteiger partial charge in [0, 0.05) is 44.2 Å². The number of carboxylic acid groups (broad SMARTS) is 2. The summed E-state index contributed by atoms with van der Waals surface area (Å²) < 4.78 is 36.9. The van der Waals surface area contributed by atoms with E-state index >= 15 is 0 Å². The maximum atomic E-state index is 12.1. The highest BCUT2D eigenvalue weighted by Crippen LogP contribution is 2.44. The summed E-state index contributed by atoms with van der Waals surface area (Å²) in [6.45, 7) is 7.25. The molecule has 2 N–H and O–H groups in total. The van der Waals surface area contributed by atoms with Crippen LogP contribution in [0.2, 0.25) is 0 Å². The number of halogens is 3. The van der Waals surface area contributed by atoms with Gasteiger partial charge in [-0.1, -0.05) is 0 Å². The summed E-state index contributed by atoms with van der Waals surface area (Å²) in [6, 6.07) is 2.18. The van der Waals surface area contributed by atoms with Crippen LogP contribution in [0.1, 0.15) is 26.7 Å². The van der Waals surface area contributed by atoms with Gasteiger partial charge in [-0.25, -0.2) is 14.8 Å². The first-order valence-corrected chi connectivity index (χ1v) is 9.79. The lowest BCUT2D eigenvalue weighted by Crippen LogP contribution is -2.41. The molecule has 0 unspecified atom stereocenters. The van der Waals surface area contributed by atoms with Crippen molar-refractivity contribution in [3.05, 3.63) is 12.4 Å². The maximum absolute atomic E-state index is 12.1. The van der Waals surface area contributed by atoms with E-state index in [-0.39, 0.29) is 5.92 Å². The van der Waals surface area contributed by atoms with E-state index in [9.17, 15) is 23.1 Å². The van der Waals surface area contributed by atoms with Crippen molar-refractivity contribution in [1.29, 1.82) is 0 Å². The fourth-order valence-corrected chi connectivity index (χ4v) is 4.04. The summed E-state index contributed by atoms with van der Waals surface area (Å²) in [5, 5.41) is 17.1. The molecule has 0 saturated carbocycles. The molecule has 174 valence electrons. The molecule has 12 heteroatoms. The number of aromatic nitrogens is 2. The number of ether oxygens (including phenoxy) is 1. The quantitative estimate of drug-likeness (QED) is 0.714. The largest absolute Gasteiger partial charge is 0.490 e. The lowest BCUT2D eigenvalue weighted by Gasteiger charge is -2.30. The molecule has 0 amide bonds. The van der Waals surface area contributed by atoms with Crippen LogP contribution in [-0.2, 0) is 9.59 Å². The Morgan fingerprint density at radius 2 is 1.90 bits per heavy atom. The molecule has 0 bridgehead atoms. The smallest absolute Gasteiger partial charge is 0.481 e. The standard InChI is InChI=1S/C17H26N4O3.C2HF3O2/c1-12(2)21-9-13-8-20(14-7-15(24-3)19-11-18-14)6-4-5-17(13,10-21)16(22)23;3-2(4,5)1(6)7/h7,11-13H,4-6,8-10H2,1-3H3,(H,22,23);(H,6,7)/t13-,17-;/m0./s1. The SMILES string of the molecule is COc1cc(N2CCC[C@]3(C(=O)O)CN(C(C)C)C[C@@H]3C2)ncn1.O=C(O)C(F)(F)F. The van der Waals surface area contributed by atoms with Crippen LogP contribution in [0.25, 0.3) is 0 Å². The molecule has 1 aromatic heterocycles. The first-order valence-electron chi connectivity index (χ1n) is 9.79. The van der Waals surface area contributed by atoms with Crippen LogP contribution in [0.5, 0.6) is 5.88 Å². The van der Waals surface area contributed by atoms with E-state index in [1.165, 1.54) is 6.33 Å². The van der Waals surface area contributed by atoms with Gasteiger partial charge in [-0.15, -0.1) is 0 Å². The van der Waals surface area contributed by atoms with Gasteiger partial charge < -0.3 is 19.8 Å². The highest BCUT2D eigenvalue weighted by molar-refractivity contribution is 5.76. The minimum atomic E-state index is -5.08. The monoisotopic (exact) mass is 448 g/mol. The molecule has 9 nitrogen and oxygen atoms in total. The second-order valence-electron chi connectivity index (χ2n) is 7.95. The van der Waals surface area contributed by atoms with E-state index in [1.54, 1.807) is 7.11 Å². The number of carboxylic acids is 2. The maximum Gasteiger partial charge on any atom is 0.490 e. The van der Waals surface area contributed by atoms with Gasteiger partial charge in [0.15, 0.2) is 0 Å². The van der Waals surface area contributed by atoms with Crippen molar-refractivity contribution in [3.63, 3.8) is 0 Å². The van der Waals surface area contributed by atoms with Crippen molar-refractivity contribution in [1.82, 2.24) is 14.9 Å². The molecule has 1 aromatic rings. The van der Waals surface area contributed by atoms with Gasteiger partial charge in [-0.3, -0.25) is 9.69 Å². The van der Waals surface area contributed by atoms with E-state index < -0.39 is 23.5 Å². The highest BCUT2D eigenvalue weighted by Gasteiger charge is 2.53.